The van der Waals surface area contributed by atoms with Gasteiger partial charge in [-0.15, -0.1) is 0 Å². The first-order valence-electron chi connectivity index (χ1n) is 7.45. The highest BCUT2D eigenvalue weighted by Gasteiger charge is 2.03. The second-order valence-corrected chi connectivity index (χ2v) is 5.59. The van der Waals surface area contributed by atoms with Crippen molar-refractivity contribution >= 4 is 0 Å². The van der Waals surface area contributed by atoms with Crippen LogP contribution in [0.4, 0.5) is 0 Å². The van der Waals surface area contributed by atoms with E-state index < -0.39 is 0 Å². The molecular weight excluding hydrogens is 274 g/mol. The van der Waals surface area contributed by atoms with Gasteiger partial charge in [0, 0.05) is 11.6 Å². The summed E-state index contributed by atoms with van der Waals surface area (Å²) in [5.41, 5.74) is 4.36. The maximum absolute atomic E-state index is 5.82. The maximum Gasteiger partial charge on any atom is 0.124 e. The van der Waals surface area contributed by atoms with E-state index in [0.717, 1.165) is 17.0 Å². The molecule has 0 fully saturated rings. The van der Waals surface area contributed by atoms with Crippen LogP contribution in [-0.2, 0) is 6.61 Å². The summed E-state index contributed by atoms with van der Waals surface area (Å²) in [4.78, 5) is 0. The minimum absolute atomic E-state index is 0.555. The topological polar surface area (TPSA) is 35.3 Å². The average Bonchev–Trinajstić information content (AvgIpc) is 3.08. The van der Waals surface area contributed by atoms with E-state index in [2.05, 4.69) is 43.3 Å². The van der Waals surface area contributed by atoms with Crippen LogP contribution in [0.2, 0.25) is 0 Å². The highest BCUT2D eigenvalue weighted by molar-refractivity contribution is 5.59. The zero-order valence-electron chi connectivity index (χ0n) is 12.8. The van der Waals surface area contributed by atoms with Crippen molar-refractivity contribution in [1.82, 2.24) is 5.16 Å². The van der Waals surface area contributed by atoms with Crippen molar-refractivity contribution in [3.8, 4) is 17.0 Å². The number of ether oxygens (including phenoxy) is 1. The van der Waals surface area contributed by atoms with E-state index in [-0.39, 0.29) is 0 Å². The fraction of sp³-hybridized carbons (Fsp3) is 0.211. The Hall–Kier alpha value is -2.55. The minimum atomic E-state index is 0.555. The molecule has 1 aromatic heterocycles. The molecule has 0 radical (unpaired) electrons. The largest absolute Gasteiger partial charge is 0.489 e. The van der Waals surface area contributed by atoms with Crippen LogP contribution in [0.1, 0.15) is 30.9 Å². The van der Waals surface area contributed by atoms with E-state index in [4.69, 9.17) is 9.26 Å². The molecule has 0 saturated carbocycles. The molecule has 112 valence electrons. The summed E-state index contributed by atoms with van der Waals surface area (Å²) in [6.45, 7) is 4.96. The molecule has 0 aliphatic heterocycles. The van der Waals surface area contributed by atoms with Crippen molar-refractivity contribution in [1.29, 1.82) is 0 Å². The summed E-state index contributed by atoms with van der Waals surface area (Å²) in [7, 11) is 0. The van der Waals surface area contributed by atoms with Gasteiger partial charge >= 0.3 is 0 Å². The summed E-state index contributed by atoms with van der Waals surface area (Å²) in [5, 5.41) is 3.92. The molecular formula is C19H19NO2. The van der Waals surface area contributed by atoms with Gasteiger partial charge in [-0.1, -0.05) is 43.3 Å². The lowest BCUT2D eigenvalue weighted by Crippen LogP contribution is -1.96. The quantitative estimate of drug-likeness (QED) is 0.660. The Labute approximate surface area is 130 Å². The molecule has 0 atom stereocenters. The predicted octanol–water partition coefficient (Wildman–Crippen LogP) is 5.04. The molecule has 0 aliphatic rings. The molecule has 0 unspecified atom stereocenters. The number of hydrogen-bond acceptors (Lipinski definition) is 3. The van der Waals surface area contributed by atoms with Crippen LogP contribution in [0.5, 0.6) is 5.75 Å². The lowest BCUT2D eigenvalue weighted by Gasteiger charge is -2.09. The van der Waals surface area contributed by atoms with Gasteiger partial charge in [0.25, 0.3) is 0 Å². The molecule has 3 aromatic rings. The van der Waals surface area contributed by atoms with Crippen molar-refractivity contribution < 1.29 is 9.26 Å². The van der Waals surface area contributed by atoms with Gasteiger partial charge in [0.15, 0.2) is 0 Å². The van der Waals surface area contributed by atoms with E-state index >= 15 is 0 Å². The lowest BCUT2D eigenvalue weighted by molar-refractivity contribution is 0.306. The van der Waals surface area contributed by atoms with Gasteiger partial charge in [-0.25, -0.2) is 0 Å². The Morgan fingerprint density at radius 3 is 2.27 bits per heavy atom. The molecule has 3 rings (SSSR count). The van der Waals surface area contributed by atoms with Gasteiger partial charge in [-0.2, -0.15) is 0 Å². The molecule has 0 aliphatic carbocycles. The van der Waals surface area contributed by atoms with E-state index in [1.54, 1.807) is 6.26 Å². The predicted molar refractivity (Wildman–Crippen MR) is 86.8 cm³/mol. The lowest BCUT2D eigenvalue weighted by atomic mass is 10.0. The van der Waals surface area contributed by atoms with Crippen LogP contribution in [0.25, 0.3) is 11.3 Å². The summed E-state index contributed by atoms with van der Waals surface area (Å²) in [6, 6.07) is 18.3. The van der Waals surface area contributed by atoms with Crippen molar-refractivity contribution in [2.24, 2.45) is 0 Å². The molecule has 2 aromatic carbocycles. The Bertz CT molecular complexity index is 698. The van der Waals surface area contributed by atoms with Crippen molar-refractivity contribution in [2.45, 2.75) is 26.4 Å². The molecule has 22 heavy (non-hydrogen) atoms. The fourth-order valence-corrected chi connectivity index (χ4v) is 2.25. The van der Waals surface area contributed by atoms with Gasteiger partial charge in [0.2, 0.25) is 0 Å². The highest BCUT2D eigenvalue weighted by Crippen LogP contribution is 2.21. The number of rotatable bonds is 5. The number of aromatic nitrogens is 1. The summed E-state index contributed by atoms with van der Waals surface area (Å²) in [6.07, 6.45) is 1.57. The summed E-state index contributed by atoms with van der Waals surface area (Å²) < 4.78 is 10.7. The molecule has 0 spiro atoms. The normalized spacial score (nSPS) is 10.9. The highest BCUT2D eigenvalue weighted by atomic mass is 16.5. The van der Waals surface area contributed by atoms with Crippen LogP contribution >= 0.6 is 0 Å². The van der Waals surface area contributed by atoms with Crippen molar-refractivity contribution in [2.75, 3.05) is 0 Å². The van der Waals surface area contributed by atoms with Crippen LogP contribution in [0.3, 0.4) is 0 Å². The molecule has 0 N–H and O–H groups in total. The Kier molecular flexibility index (Phi) is 4.24. The van der Waals surface area contributed by atoms with E-state index in [9.17, 15) is 0 Å². The van der Waals surface area contributed by atoms with Crippen molar-refractivity contribution in [3.63, 3.8) is 0 Å². The third-order valence-electron chi connectivity index (χ3n) is 3.64. The number of nitrogens with zero attached hydrogens (tertiary/aromatic N) is 1. The second-order valence-electron chi connectivity index (χ2n) is 5.59. The van der Waals surface area contributed by atoms with Crippen LogP contribution < -0.4 is 4.74 Å². The van der Waals surface area contributed by atoms with Crippen LogP contribution in [-0.4, -0.2) is 5.16 Å². The van der Waals surface area contributed by atoms with E-state index in [0.29, 0.717) is 12.5 Å². The first-order chi connectivity index (χ1) is 10.7. The average molecular weight is 293 g/mol. The Morgan fingerprint density at radius 1 is 0.955 bits per heavy atom. The van der Waals surface area contributed by atoms with E-state index in [1.807, 2.05) is 30.3 Å². The molecule has 3 heteroatoms. The molecule has 0 amide bonds. The summed E-state index contributed by atoms with van der Waals surface area (Å²) >= 11 is 0. The first-order valence-corrected chi connectivity index (χ1v) is 7.45. The SMILES string of the molecule is CC(C)c1ccc(COc2ccc(-c3ccon3)cc2)cc1. The first kappa shape index (κ1) is 14.4. The standard InChI is InChI=1S/C19H19NO2/c1-14(2)16-5-3-15(4-6-16)13-21-18-9-7-17(8-10-18)19-11-12-22-20-19/h3-12,14H,13H2,1-2H3. The van der Waals surface area contributed by atoms with Gasteiger partial charge < -0.3 is 9.26 Å². The van der Waals surface area contributed by atoms with Gasteiger partial charge in [0.05, 0.1) is 0 Å². The summed E-state index contributed by atoms with van der Waals surface area (Å²) in [5.74, 6) is 1.40. The third-order valence-corrected chi connectivity index (χ3v) is 3.64. The Morgan fingerprint density at radius 2 is 1.68 bits per heavy atom. The smallest absolute Gasteiger partial charge is 0.124 e. The van der Waals surface area contributed by atoms with Gasteiger partial charge in [-0.05, 0) is 41.3 Å². The van der Waals surface area contributed by atoms with Gasteiger partial charge in [0.1, 0.15) is 24.3 Å². The van der Waals surface area contributed by atoms with Crippen LogP contribution in [0.15, 0.2) is 65.4 Å². The molecule has 3 nitrogen and oxygen atoms in total. The second kappa shape index (κ2) is 6.48. The zero-order chi connectivity index (χ0) is 15.4. The van der Waals surface area contributed by atoms with E-state index in [1.165, 1.54) is 11.1 Å². The fourth-order valence-electron chi connectivity index (χ4n) is 2.25. The van der Waals surface area contributed by atoms with Crippen molar-refractivity contribution in [3.05, 3.63) is 72.0 Å². The number of hydrogen-bond donors (Lipinski definition) is 0. The molecule has 0 bridgehead atoms. The Balaban J connectivity index is 1.61. The monoisotopic (exact) mass is 293 g/mol. The zero-order valence-corrected chi connectivity index (χ0v) is 12.8. The third kappa shape index (κ3) is 3.37. The molecule has 0 saturated heterocycles. The molecule has 1 heterocycles. The maximum atomic E-state index is 5.82. The number of benzene rings is 2. The van der Waals surface area contributed by atoms with Gasteiger partial charge in [-0.3, -0.25) is 0 Å². The minimum Gasteiger partial charge on any atom is -0.489 e. The van der Waals surface area contributed by atoms with Crippen LogP contribution in [0, 0.1) is 0 Å².